The van der Waals surface area contributed by atoms with E-state index in [1.54, 1.807) is 0 Å². The van der Waals surface area contributed by atoms with Crippen molar-refractivity contribution in [2.45, 2.75) is 49.7 Å². The van der Waals surface area contributed by atoms with Crippen molar-refractivity contribution in [3.05, 3.63) is 0 Å². The summed E-state index contributed by atoms with van der Waals surface area (Å²) in [6, 6.07) is 0.711. The van der Waals surface area contributed by atoms with Gasteiger partial charge in [-0.1, -0.05) is 13.8 Å². The summed E-state index contributed by atoms with van der Waals surface area (Å²) in [6.45, 7) is 7.14. The molecule has 1 aliphatic carbocycles. The lowest BCUT2D eigenvalue weighted by Gasteiger charge is -2.34. The minimum absolute atomic E-state index is 0.326. The standard InChI is InChI=1S/C12H22N2OS/c1-9-7-14(8-10(2)16-9)12(15)5-6-13-11-3-4-11/h9-11,13H,3-8H2,1-2H3. The summed E-state index contributed by atoms with van der Waals surface area (Å²) in [5.41, 5.74) is 0. The fourth-order valence-electron chi connectivity index (χ4n) is 2.21. The average molecular weight is 242 g/mol. The molecule has 1 aliphatic heterocycles. The molecule has 1 heterocycles. The van der Waals surface area contributed by atoms with Crippen LogP contribution < -0.4 is 5.32 Å². The van der Waals surface area contributed by atoms with E-state index in [0.29, 0.717) is 28.9 Å². The molecule has 2 fully saturated rings. The third-order valence-electron chi connectivity index (χ3n) is 3.12. The molecular weight excluding hydrogens is 220 g/mol. The Morgan fingerprint density at radius 1 is 1.31 bits per heavy atom. The third-order valence-corrected chi connectivity index (χ3v) is 4.35. The molecule has 1 amide bonds. The average Bonchev–Trinajstić information content (AvgIpc) is 3.00. The molecule has 0 radical (unpaired) electrons. The van der Waals surface area contributed by atoms with E-state index in [1.165, 1.54) is 12.8 Å². The van der Waals surface area contributed by atoms with Crippen LogP contribution in [-0.4, -0.2) is 47.0 Å². The summed E-state index contributed by atoms with van der Waals surface area (Å²) in [5.74, 6) is 0.326. The maximum absolute atomic E-state index is 12.0. The molecule has 2 atom stereocenters. The van der Waals surface area contributed by atoms with E-state index >= 15 is 0 Å². The van der Waals surface area contributed by atoms with Crippen molar-refractivity contribution in [2.75, 3.05) is 19.6 Å². The van der Waals surface area contributed by atoms with Crippen LogP contribution in [0.2, 0.25) is 0 Å². The SMILES string of the molecule is CC1CN(C(=O)CCNC2CC2)CC(C)S1. The van der Waals surface area contributed by atoms with Gasteiger partial charge in [0, 0.05) is 42.6 Å². The highest BCUT2D eigenvalue weighted by Gasteiger charge is 2.26. The molecule has 0 bridgehead atoms. The molecule has 4 heteroatoms. The van der Waals surface area contributed by atoms with Crippen LogP contribution in [0.25, 0.3) is 0 Å². The molecule has 1 N–H and O–H groups in total. The number of rotatable bonds is 4. The Balaban J connectivity index is 1.69. The summed E-state index contributed by atoms with van der Waals surface area (Å²) in [4.78, 5) is 14.0. The van der Waals surface area contributed by atoms with Gasteiger partial charge < -0.3 is 10.2 Å². The van der Waals surface area contributed by atoms with E-state index in [-0.39, 0.29) is 0 Å². The lowest BCUT2D eigenvalue weighted by Crippen LogP contribution is -2.44. The zero-order valence-corrected chi connectivity index (χ0v) is 11.1. The predicted molar refractivity (Wildman–Crippen MR) is 68.7 cm³/mol. The van der Waals surface area contributed by atoms with Crippen molar-refractivity contribution < 1.29 is 4.79 Å². The van der Waals surface area contributed by atoms with Gasteiger partial charge in [0.15, 0.2) is 0 Å². The quantitative estimate of drug-likeness (QED) is 0.810. The van der Waals surface area contributed by atoms with Crippen molar-refractivity contribution in [3.63, 3.8) is 0 Å². The molecule has 0 aromatic carbocycles. The van der Waals surface area contributed by atoms with Gasteiger partial charge in [-0.3, -0.25) is 4.79 Å². The second-order valence-corrected chi connectivity index (χ2v) is 6.92. The molecule has 0 aromatic heterocycles. The van der Waals surface area contributed by atoms with Crippen LogP contribution in [-0.2, 0) is 4.79 Å². The lowest BCUT2D eigenvalue weighted by atomic mass is 10.3. The normalized spacial score (nSPS) is 30.5. The van der Waals surface area contributed by atoms with Crippen molar-refractivity contribution in [2.24, 2.45) is 0 Å². The molecule has 3 nitrogen and oxygen atoms in total. The van der Waals surface area contributed by atoms with Gasteiger partial charge in [0.05, 0.1) is 0 Å². The van der Waals surface area contributed by atoms with Gasteiger partial charge in [-0.25, -0.2) is 0 Å². The third kappa shape index (κ3) is 3.67. The van der Waals surface area contributed by atoms with Gasteiger partial charge in [0.1, 0.15) is 0 Å². The molecule has 2 unspecified atom stereocenters. The van der Waals surface area contributed by atoms with Crippen molar-refractivity contribution in [1.82, 2.24) is 10.2 Å². The number of hydrogen-bond acceptors (Lipinski definition) is 3. The molecule has 0 spiro atoms. The van der Waals surface area contributed by atoms with E-state index in [4.69, 9.17) is 0 Å². The number of carbonyl (C=O) groups is 1. The van der Waals surface area contributed by atoms with Gasteiger partial charge in [0.25, 0.3) is 0 Å². The van der Waals surface area contributed by atoms with Gasteiger partial charge in [-0.15, -0.1) is 0 Å². The van der Waals surface area contributed by atoms with E-state index in [2.05, 4.69) is 19.2 Å². The molecule has 16 heavy (non-hydrogen) atoms. The highest BCUT2D eigenvalue weighted by Crippen LogP contribution is 2.25. The van der Waals surface area contributed by atoms with Crippen LogP contribution in [0.4, 0.5) is 0 Å². The Morgan fingerprint density at radius 2 is 1.94 bits per heavy atom. The summed E-state index contributed by atoms with van der Waals surface area (Å²) in [5, 5.41) is 4.57. The zero-order valence-electron chi connectivity index (χ0n) is 10.2. The highest BCUT2D eigenvalue weighted by molar-refractivity contribution is 8.00. The molecule has 0 aromatic rings. The van der Waals surface area contributed by atoms with Crippen LogP contribution in [0.5, 0.6) is 0 Å². The van der Waals surface area contributed by atoms with E-state index in [1.807, 2.05) is 16.7 Å². The number of hydrogen-bond donors (Lipinski definition) is 1. The monoisotopic (exact) mass is 242 g/mol. The Bertz CT molecular complexity index is 245. The predicted octanol–water partition coefficient (Wildman–Crippen LogP) is 1.48. The van der Waals surface area contributed by atoms with Gasteiger partial charge in [-0.2, -0.15) is 11.8 Å². The minimum atomic E-state index is 0.326. The van der Waals surface area contributed by atoms with E-state index < -0.39 is 0 Å². The molecular formula is C12H22N2OS. The maximum atomic E-state index is 12.0. The largest absolute Gasteiger partial charge is 0.340 e. The number of amides is 1. The molecule has 1 saturated carbocycles. The molecule has 92 valence electrons. The first-order chi connectivity index (χ1) is 7.65. The van der Waals surface area contributed by atoms with Crippen molar-refractivity contribution >= 4 is 17.7 Å². The molecule has 2 aliphatic rings. The van der Waals surface area contributed by atoms with E-state index in [0.717, 1.165) is 19.6 Å². The summed E-state index contributed by atoms with van der Waals surface area (Å²) in [7, 11) is 0. The second kappa shape index (κ2) is 5.41. The van der Waals surface area contributed by atoms with Crippen LogP contribution in [0.3, 0.4) is 0 Å². The number of nitrogens with one attached hydrogen (secondary N) is 1. The Kier molecular flexibility index (Phi) is 4.14. The fraction of sp³-hybridized carbons (Fsp3) is 0.917. The van der Waals surface area contributed by atoms with Gasteiger partial charge in [-0.05, 0) is 12.8 Å². The number of thioether (sulfide) groups is 1. The summed E-state index contributed by atoms with van der Waals surface area (Å²) in [6.07, 6.45) is 3.26. The maximum Gasteiger partial charge on any atom is 0.223 e. The smallest absolute Gasteiger partial charge is 0.223 e. The van der Waals surface area contributed by atoms with Crippen LogP contribution >= 0.6 is 11.8 Å². The van der Waals surface area contributed by atoms with Crippen LogP contribution in [0.15, 0.2) is 0 Å². The first-order valence-electron chi connectivity index (χ1n) is 6.32. The van der Waals surface area contributed by atoms with Crippen molar-refractivity contribution in [1.29, 1.82) is 0 Å². The van der Waals surface area contributed by atoms with Gasteiger partial charge >= 0.3 is 0 Å². The molecule has 1 saturated heterocycles. The van der Waals surface area contributed by atoms with Crippen LogP contribution in [0, 0.1) is 0 Å². The topological polar surface area (TPSA) is 32.3 Å². The first-order valence-corrected chi connectivity index (χ1v) is 7.26. The highest BCUT2D eigenvalue weighted by atomic mass is 32.2. The Morgan fingerprint density at radius 3 is 2.50 bits per heavy atom. The zero-order chi connectivity index (χ0) is 11.5. The minimum Gasteiger partial charge on any atom is -0.340 e. The fourth-order valence-corrected chi connectivity index (χ4v) is 3.54. The molecule has 2 rings (SSSR count). The van der Waals surface area contributed by atoms with Crippen molar-refractivity contribution in [3.8, 4) is 0 Å². The van der Waals surface area contributed by atoms with E-state index in [9.17, 15) is 4.79 Å². The number of carbonyl (C=O) groups excluding carboxylic acids is 1. The summed E-state index contributed by atoms with van der Waals surface area (Å²) < 4.78 is 0. The Hall–Kier alpha value is -0.220. The number of nitrogens with zero attached hydrogens (tertiary/aromatic N) is 1. The van der Waals surface area contributed by atoms with Gasteiger partial charge in [0.2, 0.25) is 5.91 Å². The lowest BCUT2D eigenvalue weighted by molar-refractivity contribution is -0.131. The van der Waals surface area contributed by atoms with Crippen LogP contribution in [0.1, 0.15) is 33.1 Å². The summed E-state index contributed by atoms with van der Waals surface area (Å²) >= 11 is 1.99. The first kappa shape index (κ1) is 12.2. The second-order valence-electron chi connectivity index (χ2n) is 5.03. The Labute approximate surface area is 102 Å².